The van der Waals surface area contributed by atoms with Gasteiger partial charge in [0, 0.05) is 6.54 Å². The van der Waals surface area contributed by atoms with Crippen LogP contribution in [-0.2, 0) is 4.79 Å². The smallest absolute Gasteiger partial charge is 0.237 e. The predicted molar refractivity (Wildman–Crippen MR) is 73.2 cm³/mol. The molecule has 2 saturated heterocycles. The van der Waals surface area contributed by atoms with Gasteiger partial charge in [0.1, 0.15) is 0 Å². The molecule has 2 fully saturated rings. The number of amides is 1. The molecular weight excluding hydrogens is 226 g/mol. The fraction of sp³-hybridized carbons (Fsp3) is 0.929. The largest absolute Gasteiger partial charge is 0.325 e. The second kappa shape index (κ2) is 5.17. The third kappa shape index (κ3) is 2.86. The zero-order valence-corrected chi connectivity index (χ0v) is 12.2. The Morgan fingerprint density at radius 3 is 2.56 bits per heavy atom. The summed E-state index contributed by atoms with van der Waals surface area (Å²) >= 11 is 0. The number of nitrogens with one attached hydrogen (secondary N) is 1. The molecule has 4 nitrogen and oxygen atoms in total. The number of likely N-dealkylation sites (tertiary alicyclic amines) is 1. The topological polar surface area (TPSA) is 35.6 Å². The summed E-state index contributed by atoms with van der Waals surface area (Å²) < 4.78 is 0. The zero-order chi connectivity index (χ0) is 13.3. The first-order valence-electron chi connectivity index (χ1n) is 7.13. The minimum Gasteiger partial charge on any atom is -0.325 e. The zero-order valence-electron chi connectivity index (χ0n) is 12.2. The van der Waals surface area contributed by atoms with Crippen LogP contribution in [0, 0.1) is 11.3 Å². The molecule has 1 unspecified atom stereocenters. The molecule has 2 heterocycles. The Morgan fingerprint density at radius 2 is 2.00 bits per heavy atom. The number of carbonyl (C=O) groups excluding carboxylic acids is 1. The molecule has 0 aromatic heterocycles. The second-order valence-corrected chi connectivity index (χ2v) is 6.71. The van der Waals surface area contributed by atoms with Gasteiger partial charge in [-0.15, -0.1) is 0 Å². The van der Waals surface area contributed by atoms with Crippen LogP contribution in [0.2, 0.25) is 0 Å². The van der Waals surface area contributed by atoms with Gasteiger partial charge in [-0.05, 0) is 44.3 Å². The lowest BCUT2D eigenvalue weighted by atomic mass is 9.80. The number of nitrogens with zero attached hydrogens (tertiary/aromatic N) is 2. The average Bonchev–Trinajstić information content (AvgIpc) is 2.65. The average molecular weight is 253 g/mol. The summed E-state index contributed by atoms with van der Waals surface area (Å²) in [5, 5.41) is 3.34. The lowest BCUT2D eigenvalue weighted by molar-refractivity contribution is -0.130. The first kappa shape index (κ1) is 13.8. The van der Waals surface area contributed by atoms with E-state index in [1.807, 2.05) is 0 Å². The highest BCUT2D eigenvalue weighted by atomic mass is 16.2. The van der Waals surface area contributed by atoms with E-state index in [1.54, 1.807) is 0 Å². The molecule has 0 aromatic rings. The van der Waals surface area contributed by atoms with Crippen LogP contribution in [0.5, 0.6) is 0 Å². The van der Waals surface area contributed by atoms with Gasteiger partial charge in [0.05, 0.1) is 12.7 Å². The molecule has 1 N–H and O–H groups in total. The number of rotatable bonds is 3. The van der Waals surface area contributed by atoms with Gasteiger partial charge in [0.2, 0.25) is 5.91 Å². The second-order valence-electron chi connectivity index (χ2n) is 6.71. The van der Waals surface area contributed by atoms with Crippen LogP contribution >= 0.6 is 0 Å². The SMILES string of the molecule is CC(C)C1NCC(=O)N1CC1(C)CCN(C)CC1. The first-order valence-corrected chi connectivity index (χ1v) is 7.13. The van der Waals surface area contributed by atoms with Crippen molar-refractivity contribution in [3.63, 3.8) is 0 Å². The Hall–Kier alpha value is -0.610. The standard InChI is InChI=1S/C14H27N3O/c1-11(2)13-15-9-12(18)17(13)10-14(3)5-7-16(4)8-6-14/h11,13,15H,5-10H2,1-4H3. The summed E-state index contributed by atoms with van der Waals surface area (Å²) in [7, 11) is 2.18. The van der Waals surface area contributed by atoms with Crippen LogP contribution in [0.15, 0.2) is 0 Å². The van der Waals surface area contributed by atoms with Gasteiger partial charge < -0.3 is 9.80 Å². The molecule has 2 aliphatic rings. The van der Waals surface area contributed by atoms with Crippen LogP contribution in [0.4, 0.5) is 0 Å². The molecule has 0 bridgehead atoms. The van der Waals surface area contributed by atoms with Crippen molar-refractivity contribution < 1.29 is 4.79 Å². The Balaban J connectivity index is 2.00. The monoisotopic (exact) mass is 253 g/mol. The Bertz CT molecular complexity index is 308. The highest BCUT2D eigenvalue weighted by Gasteiger charge is 2.38. The van der Waals surface area contributed by atoms with E-state index in [0.29, 0.717) is 17.9 Å². The highest BCUT2D eigenvalue weighted by molar-refractivity contribution is 5.80. The fourth-order valence-electron chi connectivity index (χ4n) is 3.07. The van der Waals surface area contributed by atoms with Crippen LogP contribution in [0.1, 0.15) is 33.6 Å². The Morgan fingerprint density at radius 1 is 1.39 bits per heavy atom. The fourth-order valence-corrected chi connectivity index (χ4v) is 3.07. The van der Waals surface area contributed by atoms with E-state index in [0.717, 1.165) is 19.6 Å². The van der Waals surface area contributed by atoms with Crippen LogP contribution < -0.4 is 5.32 Å². The molecule has 0 spiro atoms. The van der Waals surface area contributed by atoms with Crippen LogP contribution in [-0.4, -0.2) is 55.1 Å². The lowest BCUT2D eigenvalue weighted by Crippen LogP contribution is -2.49. The molecule has 0 aromatic carbocycles. The molecule has 0 radical (unpaired) electrons. The summed E-state index contributed by atoms with van der Waals surface area (Å²) in [5.74, 6) is 0.750. The van der Waals surface area contributed by atoms with Gasteiger partial charge in [-0.2, -0.15) is 0 Å². The summed E-state index contributed by atoms with van der Waals surface area (Å²) in [4.78, 5) is 16.5. The molecular formula is C14H27N3O. The minimum atomic E-state index is 0.231. The van der Waals surface area contributed by atoms with Crippen LogP contribution in [0.25, 0.3) is 0 Å². The lowest BCUT2D eigenvalue weighted by Gasteiger charge is -2.42. The van der Waals surface area contributed by atoms with Crippen molar-refractivity contribution in [2.45, 2.75) is 39.8 Å². The van der Waals surface area contributed by atoms with Crippen molar-refractivity contribution >= 4 is 5.91 Å². The molecule has 2 rings (SSSR count). The number of hydrogen-bond donors (Lipinski definition) is 1. The predicted octanol–water partition coefficient (Wildman–Crippen LogP) is 1.13. The quantitative estimate of drug-likeness (QED) is 0.819. The maximum Gasteiger partial charge on any atom is 0.237 e. The molecule has 0 aliphatic carbocycles. The van der Waals surface area contributed by atoms with E-state index in [-0.39, 0.29) is 12.1 Å². The third-order valence-electron chi connectivity index (χ3n) is 4.50. The van der Waals surface area contributed by atoms with E-state index >= 15 is 0 Å². The van der Waals surface area contributed by atoms with E-state index in [9.17, 15) is 4.79 Å². The minimum absolute atomic E-state index is 0.231. The molecule has 2 aliphatic heterocycles. The third-order valence-corrected chi connectivity index (χ3v) is 4.50. The Kier molecular flexibility index (Phi) is 3.97. The number of carbonyl (C=O) groups is 1. The Labute approximate surface area is 111 Å². The highest BCUT2D eigenvalue weighted by Crippen LogP contribution is 2.33. The number of piperidine rings is 1. The number of hydrogen-bond acceptors (Lipinski definition) is 3. The maximum absolute atomic E-state index is 12.0. The molecule has 4 heteroatoms. The van der Waals surface area contributed by atoms with Gasteiger partial charge in [0.15, 0.2) is 0 Å². The van der Waals surface area contributed by atoms with Crippen molar-refractivity contribution in [2.24, 2.45) is 11.3 Å². The van der Waals surface area contributed by atoms with Gasteiger partial charge >= 0.3 is 0 Å². The normalized spacial score (nSPS) is 29.3. The molecule has 0 saturated carbocycles. The molecule has 1 atom stereocenters. The first-order chi connectivity index (χ1) is 8.41. The van der Waals surface area contributed by atoms with E-state index < -0.39 is 0 Å². The van der Waals surface area contributed by atoms with Gasteiger partial charge in [-0.1, -0.05) is 20.8 Å². The summed E-state index contributed by atoms with van der Waals surface area (Å²) in [6, 6.07) is 0. The van der Waals surface area contributed by atoms with E-state index in [1.165, 1.54) is 12.8 Å². The molecule has 18 heavy (non-hydrogen) atoms. The van der Waals surface area contributed by atoms with Crippen molar-refractivity contribution in [2.75, 3.05) is 33.2 Å². The van der Waals surface area contributed by atoms with Gasteiger partial charge in [0.25, 0.3) is 0 Å². The van der Waals surface area contributed by atoms with Gasteiger partial charge in [-0.25, -0.2) is 0 Å². The van der Waals surface area contributed by atoms with Crippen molar-refractivity contribution in [3.05, 3.63) is 0 Å². The van der Waals surface area contributed by atoms with Crippen molar-refractivity contribution in [1.82, 2.24) is 15.1 Å². The van der Waals surface area contributed by atoms with Crippen LogP contribution in [0.3, 0.4) is 0 Å². The molecule has 104 valence electrons. The van der Waals surface area contributed by atoms with Gasteiger partial charge in [-0.3, -0.25) is 10.1 Å². The van der Waals surface area contributed by atoms with E-state index in [4.69, 9.17) is 0 Å². The van der Waals surface area contributed by atoms with Crippen molar-refractivity contribution in [1.29, 1.82) is 0 Å². The summed E-state index contributed by atoms with van der Waals surface area (Å²) in [6.07, 6.45) is 2.62. The van der Waals surface area contributed by atoms with Crippen molar-refractivity contribution in [3.8, 4) is 0 Å². The molecule has 1 amide bonds. The van der Waals surface area contributed by atoms with E-state index in [2.05, 4.69) is 42.9 Å². The summed E-state index contributed by atoms with van der Waals surface area (Å²) in [5.41, 5.74) is 0.293. The maximum atomic E-state index is 12.0. The summed E-state index contributed by atoms with van der Waals surface area (Å²) in [6.45, 7) is 10.4.